The minimum Gasteiger partial charge on any atom is -0.316 e. The zero-order valence-electron chi connectivity index (χ0n) is 21.0. The van der Waals surface area contributed by atoms with Crippen LogP contribution < -0.4 is 10.2 Å². The van der Waals surface area contributed by atoms with Gasteiger partial charge in [0, 0.05) is 17.8 Å². The van der Waals surface area contributed by atoms with Gasteiger partial charge in [0.1, 0.15) is 18.4 Å². The smallest absolute Gasteiger partial charge is 0.316 e. The van der Waals surface area contributed by atoms with Gasteiger partial charge in [0.25, 0.3) is 0 Å². The summed E-state index contributed by atoms with van der Waals surface area (Å²) in [6, 6.07) is 24.2. The molecule has 0 saturated carbocycles. The minimum absolute atomic E-state index is 0.0756. The van der Waals surface area contributed by atoms with Crippen LogP contribution in [0.3, 0.4) is 0 Å². The van der Waals surface area contributed by atoms with Crippen LogP contribution in [-0.2, 0) is 4.79 Å². The van der Waals surface area contributed by atoms with Gasteiger partial charge in [0.05, 0.1) is 22.8 Å². The summed E-state index contributed by atoms with van der Waals surface area (Å²) in [6.07, 6.45) is 3.53. The van der Waals surface area contributed by atoms with Gasteiger partial charge in [0.2, 0.25) is 5.91 Å². The number of hydrogen-bond acceptors (Lipinski definition) is 2. The first-order chi connectivity index (χ1) is 18.5. The SMILES string of the molecule is CCCCN(CC(=O)N1c2ccccc2-n2cccc2C1c1ccc(Cl)cc1)C(=O)Nc1ccccc1F. The number of aromatic nitrogens is 1. The molecule has 1 aliphatic heterocycles. The number of rotatable bonds is 7. The van der Waals surface area contributed by atoms with Gasteiger partial charge in [0.15, 0.2) is 0 Å². The van der Waals surface area contributed by atoms with E-state index in [-0.39, 0.29) is 18.1 Å². The van der Waals surface area contributed by atoms with E-state index in [1.807, 2.05) is 73.8 Å². The molecule has 38 heavy (non-hydrogen) atoms. The summed E-state index contributed by atoms with van der Waals surface area (Å²) in [4.78, 5) is 30.6. The summed E-state index contributed by atoms with van der Waals surface area (Å²) >= 11 is 6.18. The van der Waals surface area contributed by atoms with E-state index in [4.69, 9.17) is 11.6 Å². The van der Waals surface area contributed by atoms with E-state index in [0.29, 0.717) is 18.0 Å². The lowest BCUT2D eigenvalue weighted by atomic mass is 9.97. The number of carbonyl (C=O) groups excluding carboxylic acids is 2. The maximum atomic E-state index is 14.2. The molecule has 0 fully saturated rings. The Labute approximate surface area is 226 Å². The second-order valence-electron chi connectivity index (χ2n) is 9.19. The van der Waals surface area contributed by atoms with Crippen LogP contribution in [0.25, 0.3) is 5.69 Å². The highest BCUT2D eigenvalue weighted by Gasteiger charge is 2.37. The van der Waals surface area contributed by atoms with E-state index in [2.05, 4.69) is 9.88 Å². The number of amides is 3. The number of carbonyl (C=O) groups is 2. The Morgan fingerprint density at radius 2 is 1.66 bits per heavy atom. The molecule has 4 aromatic rings. The summed E-state index contributed by atoms with van der Waals surface area (Å²) in [5.41, 5.74) is 3.52. The molecule has 0 aliphatic carbocycles. The topological polar surface area (TPSA) is 57.6 Å². The standard InChI is InChI=1S/C30H28ClFN4O2/c1-2-3-18-34(30(38)33-24-10-5-4-9-23(24)32)20-28(37)36-26-12-7-6-11-25(26)35-19-8-13-27(35)29(36)21-14-16-22(31)17-15-21/h4-17,19,29H,2-3,18,20H2,1H3,(H,33,38). The molecule has 1 aliphatic rings. The van der Waals surface area contributed by atoms with Crippen molar-refractivity contribution in [2.75, 3.05) is 23.3 Å². The maximum absolute atomic E-state index is 14.2. The number of urea groups is 1. The third kappa shape index (κ3) is 5.02. The molecule has 8 heteroatoms. The lowest BCUT2D eigenvalue weighted by molar-refractivity contribution is -0.119. The van der Waals surface area contributed by atoms with Crippen molar-refractivity contribution in [3.05, 3.63) is 113 Å². The number of fused-ring (bicyclic) bond motifs is 3. The molecule has 3 aromatic carbocycles. The summed E-state index contributed by atoms with van der Waals surface area (Å²) < 4.78 is 16.3. The van der Waals surface area contributed by atoms with Crippen molar-refractivity contribution >= 4 is 34.9 Å². The van der Waals surface area contributed by atoms with Crippen LogP contribution in [0.5, 0.6) is 0 Å². The fourth-order valence-corrected chi connectivity index (χ4v) is 4.95. The number of benzene rings is 3. The summed E-state index contributed by atoms with van der Waals surface area (Å²) in [5.74, 6) is -0.777. The van der Waals surface area contributed by atoms with Crippen molar-refractivity contribution in [3.8, 4) is 5.69 Å². The van der Waals surface area contributed by atoms with Gasteiger partial charge in [-0.2, -0.15) is 0 Å². The number of para-hydroxylation sites is 3. The first-order valence-electron chi connectivity index (χ1n) is 12.6. The second kappa shape index (κ2) is 11.1. The number of nitrogens with one attached hydrogen (secondary N) is 1. The first kappa shape index (κ1) is 25.5. The van der Waals surface area contributed by atoms with Crippen LogP contribution in [0.15, 0.2) is 91.1 Å². The third-order valence-electron chi connectivity index (χ3n) is 6.68. The zero-order chi connectivity index (χ0) is 26.6. The summed E-state index contributed by atoms with van der Waals surface area (Å²) in [7, 11) is 0. The average molecular weight is 531 g/mol. The van der Waals surface area contributed by atoms with E-state index in [9.17, 15) is 14.0 Å². The summed E-state index contributed by atoms with van der Waals surface area (Å²) in [5, 5.41) is 3.24. The highest BCUT2D eigenvalue weighted by molar-refractivity contribution is 6.30. The van der Waals surface area contributed by atoms with E-state index >= 15 is 0 Å². The normalized spacial score (nSPS) is 14.0. The van der Waals surface area contributed by atoms with Crippen molar-refractivity contribution in [2.45, 2.75) is 25.8 Å². The van der Waals surface area contributed by atoms with Gasteiger partial charge < -0.3 is 14.8 Å². The van der Waals surface area contributed by atoms with Crippen molar-refractivity contribution < 1.29 is 14.0 Å². The first-order valence-corrected chi connectivity index (χ1v) is 13.0. The fraction of sp³-hybridized carbons (Fsp3) is 0.200. The van der Waals surface area contributed by atoms with Crippen molar-refractivity contribution in [3.63, 3.8) is 0 Å². The lowest BCUT2D eigenvalue weighted by Crippen LogP contribution is -2.48. The molecule has 194 valence electrons. The van der Waals surface area contributed by atoms with E-state index < -0.39 is 17.9 Å². The Morgan fingerprint density at radius 3 is 2.39 bits per heavy atom. The van der Waals surface area contributed by atoms with Crippen LogP contribution in [-0.4, -0.2) is 34.5 Å². The maximum Gasteiger partial charge on any atom is 0.322 e. The van der Waals surface area contributed by atoms with Crippen molar-refractivity contribution in [2.24, 2.45) is 0 Å². The fourth-order valence-electron chi connectivity index (χ4n) is 4.82. The molecule has 1 aromatic heterocycles. The monoisotopic (exact) mass is 530 g/mol. The quantitative estimate of drug-likeness (QED) is 0.278. The number of nitrogens with zero attached hydrogens (tertiary/aromatic N) is 3. The molecular formula is C30H28ClFN4O2. The second-order valence-corrected chi connectivity index (χ2v) is 9.63. The van der Waals surface area contributed by atoms with Crippen LogP contribution >= 0.6 is 11.6 Å². The van der Waals surface area contributed by atoms with Gasteiger partial charge in [-0.1, -0.05) is 61.3 Å². The predicted molar refractivity (Wildman–Crippen MR) is 148 cm³/mol. The Bertz CT molecular complexity index is 1450. The van der Waals surface area contributed by atoms with E-state index in [0.717, 1.165) is 29.1 Å². The third-order valence-corrected chi connectivity index (χ3v) is 6.94. The molecule has 0 spiro atoms. The largest absolute Gasteiger partial charge is 0.322 e. The lowest BCUT2D eigenvalue weighted by Gasteiger charge is -2.39. The number of anilines is 2. The minimum atomic E-state index is -0.531. The van der Waals surface area contributed by atoms with Crippen LogP contribution in [0, 0.1) is 5.82 Å². The Kier molecular flexibility index (Phi) is 7.47. The highest BCUT2D eigenvalue weighted by atomic mass is 35.5. The van der Waals surface area contributed by atoms with Crippen molar-refractivity contribution in [1.29, 1.82) is 0 Å². The zero-order valence-corrected chi connectivity index (χ0v) is 21.7. The van der Waals surface area contributed by atoms with Crippen LogP contribution in [0.2, 0.25) is 5.02 Å². The molecule has 0 saturated heterocycles. The van der Waals surface area contributed by atoms with E-state index in [1.165, 1.54) is 17.0 Å². The van der Waals surface area contributed by atoms with Crippen LogP contribution in [0.4, 0.5) is 20.6 Å². The van der Waals surface area contributed by atoms with Gasteiger partial charge in [-0.3, -0.25) is 9.69 Å². The molecule has 6 nitrogen and oxygen atoms in total. The molecule has 1 unspecified atom stereocenters. The number of unbranched alkanes of at least 4 members (excludes halogenated alkanes) is 1. The Balaban J connectivity index is 1.51. The molecule has 0 radical (unpaired) electrons. The molecule has 1 N–H and O–H groups in total. The summed E-state index contributed by atoms with van der Waals surface area (Å²) in [6.45, 7) is 2.21. The average Bonchev–Trinajstić information content (AvgIpc) is 3.42. The van der Waals surface area contributed by atoms with Gasteiger partial charge in [-0.05, 0) is 60.5 Å². The molecule has 0 bridgehead atoms. The molecular weight excluding hydrogens is 503 g/mol. The Morgan fingerprint density at radius 1 is 0.947 bits per heavy atom. The Hall–Kier alpha value is -4.10. The van der Waals surface area contributed by atoms with Gasteiger partial charge >= 0.3 is 6.03 Å². The predicted octanol–water partition coefficient (Wildman–Crippen LogP) is 7.04. The molecule has 3 amide bonds. The van der Waals surface area contributed by atoms with Crippen LogP contribution in [0.1, 0.15) is 37.1 Å². The molecule has 1 atom stereocenters. The number of halogens is 2. The highest BCUT2D eigenvalue weighted by Crippen LogP contribution is 2.42. The van der Waals surface area contributed by atoms with E-state index in [1.54, 1.807) is 17.0 Å². The molecule has 2 heterocycles. The van der Waals surface area contributed by atoms with Gasteiger partial charge in [-0.25, -0.2) is 9.18 Å². The number of hydrogen-bond donors (Lipinski definition) is 1. The molecule has 5 rings (SSSR count). The van der Waals surface area contributed by atoms with Gasteiger partial charge in [-0.15, -0.1) is 0 Å². The van der Waals surface area contributed by atoms with Crippen molar-refractivity contribution in [1.82, 2.24) is 9.47 Å².